The summed E-state index contributed by atoms with van der Waals surface area (Å²) in [6.07, 6.45) is 11.3. The highest BCUT2D eigenvalue weighted by Gasteiger charge is 2.58. The van der Waals surface area contributed by atoms with Crippen LogP contribution in [-0.2, 0) is 4.79 Å². The van der Waals surface area contributed by atoms with Crippen molar-refractivity contribution in [3.05, 3.63) is 11.1 Å². The molecule has 0 spiro atoms. The fraction of sp³-hybridized carbons (Fsp3) is 0.903. The molecule has 0 aromatic heterocycles. The summed E-state index contributed by atoms with van der Waals surface area (Å²) in [6, 6.07) is 0. The minimum atomic E-state index is -2.61. The van der Waals surface area contributed by atoms with Crippen LogP contribution in [0.5, 0.6) is 0 Å². The molecule has 0 unspecified atom stereocenters. The zero-order valence-corrected chi connectivity index (χ0v) is 23.7. The van der Waals surface area contributed by atoms with Crippen molar-refractivity contribution in [2.75, 3.05) is 6.54 Å². The van der Waals surface area contributed by atoms with Crippen LogP contribution in [0.2, 0.25) is 0 Å². The van der Waals surface area contributed by atoms with Crippen LogP contribution in [0.4, 0.5) is 8.78 Å². The molecule has 36 heavy (non-hydrogen) atoms. The van der Waals surface area contributed by atoms with Crippen molar-refractivity contribution in [3.8, 4) is 0 Å². The molecule has 3 aliphatic carbocycles. The predicted octanol–water partition coefficient (Wildman–Crippen LogP) is 8.21. The molecule has 2 fully saturated rings. The van der Waals surface area contributed by atoms with Crippen LogP contribution in [0, 0.1) is 28.6 Å². The maximum atomic E-state index is 14.1. The van der Waals surface area contributed by atoms with Crippen LogP contribution in [0.15, 0.2) is 11.1 Å². The van der Waals surface area contributed by atoms with Gasteiger partial charge in [0.05, 0.1) is 6.10 Å². The number of halogens is 2. The molecule has 0 aliphatic heterocycles. The quantitative estimate of drug-likeness (QED) is 0.206. The Hall–Kier alpha value is -0.970. The van der Waals surface area contributed by atoms with Gasteiger partial charge in [-0.25, -0.2) is 8.78 Å². The van der Waals surface area contributed by atoms with E-state index in [9.17, 15) is 18.7 Å². The van der Waals surface area contributed by atoms with Crippen LogP contribution in [0.25, 0.3) is 0 Å². The lowest BCUT2D eigenvalue weighted by Crippen LogP contribution is -2.56. The highest BCUT2D eigenvalue weighted by Crippen LogP contribution is 2.64. The Bertz CT molecular complexity index is 777. The zero-order chi connectivity index (χ0) is 26.6. The van der Waals surface area contributed by atoms with Crippen molar-refractivity contribution >= 4 is 5.91 Å². The van der Waals surface area contributed by atoms with E-state index in [0.717, 1.165) is 57.8 Å². The average Bonchev–Trinajstić information content (AvgIpc) is 2.81. The molecule has 3 rings (SSSR count). The van der Waals surface area contributed by atoms with E-state index < -0.39 is 5.92 Å². The van der Waals surface area contributed by atoms with Gasteiger partial charge in [-0.1, -0.05) is 58.1 Å². The molecular formula is C31H53F2NO2. The van der Waals surface area contributed by atoms with Gasteiger partial charge >= 0.3 is 0 Å². The van der Waals surface area contributed by atoms with E-state index in [2.05, 4.69) is 39.9 Å². The molecule has 2 N–H and O–H groups in total. The minimum absolute atomic E-state index is 0.00879. The lowest BCUT2D eigenvalue weighted by Gasteiger charge is -2.62. The summed E-state index contributed by atoms with van der Waals surface area (Å²) in [7, 11) is 0. The van der Waals surface area contributed by atoms with Crippen molar-refractivity contribution in [2.24, 2.45) is 28.6 Å². The molecule has 208 valence electrons. The number of rotatable bonds is 12. The average molecular weight is 510 g/mol. The number of allylic oxidation sites excluding steroid dienone is 2. The highest BCUT2D eigenvalue weighted by molar-refractivity contribution is 5.76. The van der Waals surface area contributed by atoms with Gasteiger partial charge < -0.3 is 10.4 Å². The van der Waals surface area contributed by atoms with E-state index in [1.54, 1.807) is 0 Å². The third kappa shape index (κ3) is 6.72. The Labute approximate surface area is 219 Å². The lowest BCUT2D eigenvalue weighted by molar-refractivity contribution is -0.149. The number of fused-ring (bicyclic) bond motifs is 3. The van der Waals surface area contributed by atoms with Crippen LogP contribution >= 0.6 is 0 Å². The predicted molar refractivity (Wildman–Crippen MR) is 144 cm³/mol. The molecule has 0 radical (unpaired) electrons. The van der Waals surface area contributed by atoms with Crippen molar-refractivity contribution in [2.45, 2.75) is 143 Å². The number of nitrogens with one attached hydrogen (secondary N) is 1. The summed E-state index contributed by atoms with van der Waals surface area (Å²) >= 11 is 0. The SMILES string of the molecule is CCCCCCC(F)(F)CCCNC(=O)CCC1=C(C)CC[C@H]2[C@H]1CC[C@H]1C(C)(C)[C@@H](O)CC[C@]21C. The summed E-state index contributed by atoms with van der Waals surface area (Å²) in [4.78, 5) is 12.6. The molecule has 5 atom stereocenters. The second kappa shape index (κ2) is 12.3. The van der Waals surface area contributed by atoms with Crippen molar-refractivity contribution in [1.29, 1.82) is 0 Å². The van der Waals surface area contributed by atoms with Crippen LogP contribution in [-0.4, -0.2) is 29.6 Å². The second-order valence-electron chi connectivity index (χ2n) is 13.2. The van der Waals surface area contributed by atoms with Gasteiger partial charge in [-0.3, -0.25) is 4.79 Å². The van der Waals surface area contributed by atoms with Crippen molar-refractivity contribution in [1.82, 2.24) is 5.32 Å². The van der Waals surface area contributed by atoms with E-state index >= 15 is 0 Å². The molecule has 0 bridgehead atoms. The topological polar surface area (TPSA) is 49.3 Å². The normalized spacial score (nSPS) is 32.1. The highest BCUT2D eigenvalue weighted by atomic mass is 19.3. The van der Waals surface area contributed by atoms with Gasteiger partial charge in [-0.05, 0) is 93.3 Å². The Morgan fingerprint density at radius 3 is 2.50 bits per heavy atom. The third-order valence-corrected chi connectivity index (χ3v) is 10.5. The Balaban J connectivity index is 1.48. The summed E-state index contributed by atoms with van der Waals surface area (Å²) in [5.74, 6) is -0.904. The van der Waals surface area contributed by atoms with E-state index in [1.165, 1.54) is 17.6 Å². The van der Waals surface area contributed by atoms with Gasteiger partial charge in [0.25, 0.3) is 0 Å². The number of hydrogen-bond acceptors (Lipinski definition) is 2. The first kappa shape index (κ1) is 29.6. The van der Waals surface area contributed by atoms with Crippen molar-refractivity contribution < 1.29 is 18.7 Å². The standard InChI is InChI=1S/C31H53F2NO2/c1-6-7-8-9-18-31(32,33)19-10-21-34-28(36)16-13-23-22(2)11-14-25-24(23)12-15-26-29(3,4)27(35)17-20-30(25,26)5/h24-27,35H,6-21H2,1-5H3,(H,34,36)/t24-,25-,26-,27-,30+/m0/s1. The van der Waals surface area contributed by atoms with Crippen molar-refractivity contribution in [3.63, 3.8) is 0 Å². The molecule has 3 aliphatic rings. The maximum Gasteiger partial charge on any atom is 0.248 e. The van der Waals surface area contributed by atoms with Crippen LogP contribution < -0.4 is 5.32 Å². The van der Waals surface area contributed by atoms with Gasteiger partial charge in [0.1, 0.15) is 0 Å². The second-order valence-corrected chi connectivity index (χ2v) is 13.2. The number of carbonyl (C=O) groups excluding carboxylic acids is 1. The summed E-state index contributed by atoms with van der Waals surface area (Å²) < 4.78 is 28.1. The zero-order valence-electron chi connectivity index (χ0n) is 23.7. The first-order chi connectivity index (χ1) is 16.9. The van der Waals surface area contributed by atoms with E-state index in [-0.39, 0.29) is 35.7 Å². The molecule has 0 aromatic rings. The number of carbonyl (C=O) groups is 1. The summed E-state index contributed by atoms with van der Waals surface area (Å²) in [6.45, 7) is 11.7. The number of hydrogen-bond donors (Lipinski definition) is 2. The number of aliphatic hydroxyl groups excluding tert-OH is 1. The Morgan fingerprint density at radius 2 is 1.78 bits per heavy atom. The van der Waals surface area contributed by atoms with E-state index in [1.807, 2.05) is 0 Å². The number of aliphatic hydroxyl groups is 1. The molecule has 0 saturated heterocycles. The van der Waals surface area contributed by atoms with Crippen LogP contribution in [0.1, 0.15) is 131 Å². The molecule has 5 heteroatoms. The number of amides is 1. The number of alkyl halides is 2. The first-order valence-electron chi connectivity index (χ1n) is 14.9. The lowest BCUT2D eigenvalue weighted by atomic mass is 9.43. The summed E-state index contributed by atoms with van der Waals surface area (Å²) in [5, 5.41) is 13.6. The molecular weight excluding hydrogens is 456 g/mol. The molecule has 2 saturated carbocycles. The van der Waals surface area contributed by atoms with E-state index in [0.29, 0.717) is 43.6 Å². The smallest absolute Gasteiger partial charge is 0.248 e. The Kier molecular flexibility index (Phi) is 10.1. The largest absolute Gasteiger partial charge is 0.393 e. The molecule has 3 nitrogen and oxygen atoms in total. The number of unbranched alkanes of at least 4 members (excludes halogenated alkanes) is 3. The fourth-order valence-electron chi connectivity index (χ4n) is 8.27. The third-order valence-electron chi connectivity index (χ3n) is 10.5. The van der Waals surface area contributed by atoms with Gasteiger partial charge in [-0.15, -0.1) is 0 Å². The Morgan fingerprint density at radius 1 is 1.06 bits per heavy atom. The van der Waals surface area contributed by atoms with Crippen LogP contribution in [0.3, 0.4) is 0 Å². The maximum absolute atomic E-state index is 14.1. The molecule has 0 aromatic carbocycles. The van der Waals surface area contributed by atoms with Gasteiger partial charge in [0.2, 0.25) is 11.8 Å². The fourth-order valence-corrected chi connectivity index (χ4v) is 8.27. The monoisotopic (exact) mass is 509 g/mol. The minimum Gasteiger partial charge on any atom is -0.393 e. The summed E-state index contributed by atoms with van der Waals surface area (Å²) in [5.41, 5.74) is 3.16. The van der Waals surface area contributed by atoms with Gasteiger partial charge in [0, 0.05) is 25.8 Å². The molecule has 0 heterocycles. The van der Waals surface area contributed by atoms with Gasteiger partial charge in [0.15, 0.2) is 0 Å². The molecule has 1 amide bonds. The van der Waals surface area contributed by atoms with E-state index in [4.69, 9.17) is 0 Å². The first-order valence-corrected chi connectivity index (χ1v) is 14.9. The van der Waals surface area contributed by atoms with Gasteiger partial charge in [-0.2, -0.15) is 0 Å².